The van der Waals surface area contributed by atoms with Crippen LogP contribution >= 0.6 is 11.3 Å². The molecule has 1 amide bonds. The number of amides is 1. The third-order valence-electron chi connectivity index (χ3n) is 3.07. The van der Waals surface area contributed by atoms with Gasteiger partial charge in [-0.1, -0.05) is 6.92 Å². The Kier molecular flexibility index (Phi) is 4.90. The lowest BCUT2D eigenvalue weighted by Crippen LogP contribution is -2.21. The number of aromatic nitrogens is 2. The first-order valence-corrected chi connectivity index (χ1v) is 7.71. The molecule has 0 aliphatic rings. The lowest BCUT2D eigenvalue weighted by Gasteiger charge is -2.13. The van der Waals surface area contributed by atoms with E-state index in [0.29, 0.717) is 5.56 Å². The van der Waals surface area contributed by atoms with E-state index in [1.165, 1.54) is 9.78 Å². The molecule has 0 fully saturated rings. The van der Waals surface area contributed by atoms with Gasteiger partial charge >= 0.3 is 0 Å². The number of hydrogen-bond acceptors (Lipinski definition) is 5. The first-order valence-electron chi connectivity index (χ1n) is 6.90. The van der Waals surface area contributed by atoms with E-state index in [0.717, 1.165) is 17.2 Å². The van der Waals surface area contributed by atoms with Crippen LogP contribution in [0.25, 0.3) is 0 Å². The van der Waals surface area contributed by atoms with Crippen molar-refractivity contribution in [3.63, 3.8) is 0 Å². The van der Waals surface area contributed by atoms with Crippen molar-refractivity contribution in [2.75, 3.05) is 19.4 Å². The van der Waals surface area contributed by atoms with Gasteiger partial charge in [0, 0.05) is 31.4 Å². The quantitative estimate of drug-likeness (QED) is 0.922. The van der Waals surface area contributed by atoms with Crippen molar-refractivity contribution in [1.29, 1.82) is 0 Å². The number of carbonyl (C=O) groups is 1. The molecule has 0 aliphatic heterocycles. The molecule has 2 aromatic rings. The first-order chi connectivity index (χ1) is 10.0. The van der Waals surface area contributed by atoms with Gasteiger partial charge in [0.25, 0.3) is 5.91 Å². The molecule has 1 N–H and O–H groups in total. The Morgan fingerprint density at radius 2 is 2.10 bits per heavy atom. The molecule has 6 heteroatoms. The average molecular weight is 304 g/mol. The summed E-state index contributed by atoms with van der Waals surface area (Å²) in [4.78, 5) is 23.3. The fourth-order valence-corrected chi connectivity index (χ4v) is 2.69. The van der Waals surface area contributed by atoms with E-state index in [4.69, 9.17) is 0 Å². The molecule has 0 saturated carbocycles. The van der Waals surface area contributed by atoms with Gasteiger partial charge in [-0.15, -0.1) is 11.3 Å². The Morgan fingerprint density at radius 3 is 2.62 bits per heavy atom. The molecule has 1 unspecified atom stereocenters. The van der Waals surface area contributed by atoms with Crippen molar-refractivity contribution >= 4 is 23.1 Å². The highest BCUT2D eigenvalue weighted by Crippen LogP contribution is 2.23. The third-order valence-corrected chi connectivity index (χ3v) is 4.40. The van der Waals surface area contributed by atoms with Crippen molar-refractivity contribution in [3.8, 4) is 0 Å². The fourth-order valence-electron chi connectivity index (χ4n) is 1.83. The highest BCUT2D eigenvalue weighted by molar-refractivity contribution is 7.11. The molecule has 1 atom stereocenters. The Morgan fingerprint density at radius 1 is 1.33 bits per heavy atom. The van der Waals surface area contributed by atoms with Crippen LogP contribution in [0.1, 0.15) is 40.1 Å². The molecule has 0 aliphatic carbocycles. The summed E-state index contributed by atoms with van der Waals surface area (Å²) in [6.45, 7) is 4.18. The largest absolute Gasteiger partial charge is 0.361 e. The second kappa shape index (κ2) is 6.67. The van der Waals surface area contributed by atoms with Crippen LogP contribution in [0.15, 0.2) is 24.5 Å². The predicted molar refractivity (Wildman–Crippen MR) is 85.8 cm³/mol. The van der Waals surface area contributed by atoms with Crippen LogP contribution < -0.4 is 5.32 Å². The van der Waals surface area contributed by atoms with Crippen LogP contribution in [0.3, 0.4) is 0 Å². The minimum absolute atomic E-state index is 0.0467. The molecule has 112 valence electrons. The zero-order valence-corrected chi connectivity index (χ0v) is 13.6. The van der Waals surface area contributed by atoms with Crippen molar-refractivity contribution in [2.45, 2.75) is 26.3 Å². The van der Waals surface area contributed by atoms with Gasteiger partial charge in [0.05, 0.1) is 11.6 Å². The average Bonchev–Trinajstić information content (AvgIpc) is 2.96. The third kappa shape index (κ3) is 3.78. The lowest BCUT2D eigenvalue weighted by atomic mass is 10.2. The first kappa shape index (κ1) is 15.4. The minimum atomic E-state index is -0.0467. The van der Waals surface area contributed by atoms with Gasteiger partial charge in [0.1, 0.15) is 10.8 Å². The molecule has 0 bridgehead atoms. The van der Waals surface area contributed by atoms with Gasteiger partial charge in [0.15, 0.2) is 0 Å². The van der Waals surface area contributed by atoms with Crippen LogP contribution in [0.2, 0.25) is 0 Å². The van der Waals surface area contributed by atoms with E-state index in [9.17, 15) is 4.79 Å². The molecule has 0 radical (unpaired) electrons. The van der Waals surface area contributed by atoms with Crippen LogP contribution in [0.5, 0.6) is 0 Å². The van der Waals surface area contributed by atoms with E-state index in [1.54, 1.807) is 37.7 Å². The summed E-state index contributed by atoms with van der Waals surface area (Å²) >= 11 is 1.71. The van der Waals surface area contributed by atoms with Crippen LogP contribution in [0.4, 0.5) is 5.82 Å². The Hall–Kier alpha value is -1.95. The minimum Gasteiger partial charge on any atom is -0.361 e. The van der Waals surface area contributed by atoms with Gasteiger partial charge in [-0.2, -0.15) is 0 Å². The Labute approximate surface area is 129 Å². The summed E-state index contributed by atoms with van der Waals surface area (Å²) in [6.07, 6.45) is 4.52. The predicted octanol–water partition coefficient (Wildman–Crippen LogP) is 2.98. The zero-order chi connectivity index (χ0) is 15.4. The van der Waals surface area contributed by atoms with E-state index in [-0.39, 0.29) is 11.9 Å². The van der Waals surface area contributed by atoms with Crippen molar-refractivity contribution in [1.82, 2.24) is 14.9 Å². The van der Waals surface area contributed by atoms with Crippen LogP contribution in [-0.4, -0.2) is 34.9 Å². The van der Waals surface area contributed by atoms with Crippen LogP contribution in [0, 0.1) is 0 Å². The molecule has 0 aromatic carbocycles. The molecule has 2 rings (SSSR count). The summed E-state index contributed by atoms with van der Waals surface area (Å²) in [5.41, 5.74) is 0.584. The molecule has 0 saturated heterocycles. The maximum atomic E-state index is 11.8. The number of aryl methyl sites for hydroxylation is 1. The van der Waals surface area contributed by atoms with Gasteiger partial charge in [-0.25, -0.2) is 9.97 Å². The smallest absolute Gasteiger partial charge is 0.254 e. The van der Waals surface area contributed by atoms with Crippen molar-refractivity contribution in [2.24, 2.45) is 0 Å². The topological polar surface area (TPSA) is 58.1 Å². The number of carbonyl (C=O) groups excluding carboxylic acids is 1. The lowest BCUT2D eigenvalue weighted by molar-refractivity contribution is 0.0827. The van der Waals surface area contributed by atoms with Gasteiger partial charge in [0.2, 0.25) is 0 Å². The van der Waals surface area contributed by atoms with Gasteiger partial charge in [-0.3, -0.25) is 4.79 Å². The second-order valence-electron chi connectivity index (χ2n) is 5.02. The highest BCUT2D eigenvalue weighted by atomic mass is 32.1. The molecular weight excluding hydrogens is 284 g/mol. The summed E-state index contributed by atoms with van der Waals surface area (Å²) in [5, 5.41) is 4.35. The summed E-state index contributed by atoms with van der Waals surface area (Å²) < 4.78 is 0. The molecule has 2 heterocycles. The van der Waals surface area contributed by atoms with Crippen molar-refractivity contribution in [3.05, 3.63) is 40.0 Å². The number of anilines is 1. The molecule has 21 heavy (non-hydrogen) atoms. The number of nitrogens with one attached hydrogen (secondary N) is 1. The summed E-state index contributed by atoms with van der Waals surface area (Å²) in [7, 11) is 3.45. The number of nitrogens with zero attached hydrogens (tertiary/aromatic N) is 3. The van der Waals surface area contributed by atoms with Crippen LogP contribution in [-0.2, 0) is 6.42 Å². The standard InChI is InChI=1S/C15H20N4OS/c1-5-12-9-17-14(21-12)10(2)18-13-7-6-11(8-16-13)15(20)19(3)4/h6-10H,5H2,1-4H3,(H,16,18). The van der Waals surface area contributed by atoms with E-state index < -0.39 is 0 Å². The SMILES string of the molecule is CCc1cnc(C(C)Nc2ccc(C(=O)N(C)C)cn2)s1. The molecule has 2 aromatic heterocycles. The number of thiazole rings is 1. The highest BCUT2D eigenvalue weighted by Gasteiger charge is 2.12. The monoisotopic (exact) mass is 304 g/mol. The van der Waals surface area contributed by atoms with E-state index >= 15 is 0 Å². The molecule has 0 spiro atoms. The Balaban J connectivity index is 2.04. The van der Waals surface area contributed by atoms with Gasteiger partial charge in [-0.05, 0) is 25.5 Å². The second-order valence-corrected chi connectivity index (χ2v) is 6.16. The fraction of sp³-hybridized carbons (Fsp3) is 0.400. The zero-order valence-electron chi connectivity index (χ0n) is 12.8. The normalized spacial score (nSPS) is 12.0. The summed E-state index contributed by atoms with van der Waals surface area (Å²) in [6, 6.07) is 3.70. The maximum Gasteiger partial charge on any atom is 0.254 e. The Bertz CT molecular complexity index is 606. The maximum absolute atomic E-state index is 11.8. The number of pyridine rings is 1. The van der Waals surface area contributed by atoms with Crippen molar-refractivity contribution < 1.29 is 4.79 Å². The van der Waals surface area contributed by atoms with E-state index in [2.05, 4.69) is 29.1 Å². The molecule has 5 nitrogen and oxygen atoms in total. The van der Waals surface area contributed by atoms with Gasteiger partial charge < -0.3 is 10.2 Å². The molecular formula is C15H20N4OS. The summed E-state index contributed by atoms with van der Waals surface area (Å²) in [5.74, 6) is 0.695. The van der Waals surface area contributed by atoms with E-state index in [1.807, 2.05) is 12.3 Å². The number of rotatable bonds is 5. The number of hydrogen-bond donors (Lipinski definition) is 1.